The molecule has 0 unspecified atom stereocenters. The largest absolute Gasteiger partial charge is 0.278 e. The highest BCUT2D eigenvalue weighted by Crippen LogP contribution is 2.38. The number of fused-ring (bicyclic) bond motifs is 1. The molecule has 0 saturated carbocycles. The van der Waals surface area contributed by atoms with Gasteiger partial charge in [-0.15, -0.1) is 0 Å². The van der Waals surface area contributed by atoms with Crippen molar-refractivity contribution in [2.24, 2.45) is 0 Å². The lowest BCUT2D eigenvalue weighted by Crippen LogP contribution is -2.31. The van der Waals surface area contributed by atoms with Gasteiger partial charge in [0.2, 0.25) is 10.0 Å². The predicted molar refractivity (Wildman–Crippen MR) is 170 cm³/mol. The molecule has 214 valence electrons. The Balaban J connectivity index is 1.67. The van der Waals surface area contributed by atoms with Gasteiger partial charge >= 0.3 is 0 Å². The van der Waals surface area contributed by atoms with Crippen LogP contribution in [-0.2, 0) is 14.8 Å². The monoisotopic (exact) mass is 601 g/mol. The van der Waals surface area contributed by atoms with Crippen molar-refractivity contribution in [3.63, 3.8) is 0 Å². The average molecular weight is 602 g/mol. The molecule has 42 heavy (non-hydrogen) atoms. The van der Waals surface area contributed by atoms with Crippen LogP contribution in [0.1, 0.15) is 35.6 Å². The first-order valence-electron chi connectivity index (χ1n) is 13.0. The van der Waals surface area contributed by atoms with Crippen molar-refractivity contribution in [1.82, 2.24) is 14.9 Å². The minimum Gasteiger partial charge on any atom is -0.278 e. The molecule has 4 aromatic rings. The molecule has 0 spiro atoms. The highest BCUT2D eigenvalue weighted by Gasteiger charge is 2.17. The Hall–Kier alpha value is -4.53. The van der Waals surface area contributed by atoms with E-state index < -0.39 is 27.5 Å². The van der Waals surface area contributed by atoms with Gasteiger partial charge in [-0.05, 0) is 75.7 Å². The smallest absolute Gasteiger partial charge is 0.257 e. The number of aromatic nitrogens is 2. The van der Waals surface area contributed by atoms with E-state index in [1.807, 2.05) is 54.1 Å². The molecule has 0 aliphatic heterocycles. The first-order valence-corrected chi connectivity index (χ1v) is 15.1. The summed E-state index contributed by atoms with van der Waals surface area (Å²) in [6, 6.07) is 17.8. The van der Waals surface area contributed by atoms with E-state index in [0.29, 0.717) is 22.6 Å². The zero-order valence-corrected chi connectivity index (χ0v) is 24.5. The van der Waals surface area contributed by atoms with Gasteiger partial charge in [0.15, 0.2) is 0 Å². The second kappa shape index (κ2) is 13.4. The zero-order chi connectivity index (χ0) is 30.3. The third-order valence-electron chi connectivity index (χ3n) is 6.47. The molecular formula is C33H29ClFN3O3S. The molecule has 1 heterocycles. The van der Waals surface area contributed by atoms with Gasteiger partial charge in [0.1, 0.15) is 5.82 Å². The number of benzene rings is 3. The van der Waals surface area contributed by atoms with Crippen molar-refractivity contribution in [3.05, 3.63) is 143 Å². The fraction of sp³-hybridized carbons (Fsp3) is 0.0909. The van der Waals surface area contributed by atoms with E-state index in [9.17, 15) is 17.6 Å². The molecule has 0 radical (unpaired) electrons. The molecule has 0 aliphatic rings. The summed E-state index contributed by atoms with van der Waals surface area (Å²) in [6.45, 7) is 9.13. The quantitative estimate of drug-likeness (QED) is 0.106. The summed E-state index contributed by atoms with van der Waals surface area (Å²) in [4.78, 5) is 12.3. The number of nitrogens with zero attached hydrogens (tertiary/aromatic N) is 1. The number of hydrogen-bond donors (Lipinski definition) is 2. The summed E-state index contributed by atoms with van der Waals surface area (Å²) in [6.07, 6.45) is 9.42. The molecular weight excluding hydrogens is 573 g/mol. The van der Waals surface area contributed by atoms with Crippen LogP contribution < -0.4 is 4.72 Å². The van der Waals surface area contributed by atoms with Crippen molar-refractivity contribution < 1.29 is 17.6 Å². The van der Waals surface area contributed by atoms with E-state index >= 15 is 0 Å². The minimum atomic E-state index is -3.91. The number of hydrogen-bond acceptors (Lipinski definition) is 4. The van der Waals surface area contributed by atoms with Crippen LogP contribution in [0.15, 0.2) is 110 Å². The third-order valence-corrected chi connectivity index (χ3v) is 8.01. The van der Waals surface area contributed by atoms with Gasteiger partial charge in [0, 0.05) is 11.5 Å². The average Bonchev–Trinajstić information content (AvgIpc) is 3.43. The Kier molecular flexibility index (Phi) is 9.72. The minimum absolute atomic E-state index is 0.314. The topological polar surface area (TPSA) is 91.9 Å². The molecule has 0 saturated heterocycles. The first-order chi connectivity index (χ1) is 20.1. The molecule has 6 nitrogen and oxygen atoms in total. The maximum Gasteiger partial charge on any atom is 0.257 e. The third kappa shape index (κ3) is 7.40. The first kappa shape index (κ1) is 30.4. The summed E-state index contributed by atoms with van der Waals surface area (Å²) in [5, 5.41) is 8.33. The van der Waals surface area contributed by atoms with Gasteiger partial charge in [-0.25, -0.2) is 17.5 Å². The van der Waals surface area contributed by atoms with Crippen LogP contribution in [0.3, 0.4) is 0 Å². The van der Waals surface area contributed by atoms with Crippen molar-refractivity contribution in [2.45, 2.75) is 13.3 Å². The van der Waals surface area contributed by atoms with E-state index in [1.165, 1.54) is 36.4 Å². The molecule has 1 amide bonds. The number of carbonyl (C=O) groups is 1. The van der Waals surface area contributed by atoms with Crippen LogP contribution in [0.4, 0.5) is 4.39 Å². The fourth-order valence-electron chi connectivity index (χ4n) is 4.55. The van der Waals surface area contributed by atoms with E-state index in [2.05, 4.69) is 23.4 Å². The Morgan fingerprint density at radius 1 is 1.07 bits per heavy atom. The van der Waals surface area contributed by atoms with Crippen LogP contribution in [0, 0.1) is 5.82 Å². The van der Waals surface area contributed by atoms with Gasteiger partial charge in [0.05, 0.1) is 22.5 Å². The highest BCUT2D eigenvalue weighted by molar-refractivity contribution is 7.90. The van der Waals surface area contributed by atoms with Crippen LogP contribution in [0.2, 0.25) is 5.02 Å². The number of carbonyl (C=O) groups excluding carboxylic acids is 1. The Bertz CT molecular complexity index is 1850. The Morgan fingerprint density at radius 3 is 2.48 bits per heavy atom. The molecule has 2 N–H and O–H groups in total. The van der Waals surface area contributed by atoms with Crippen molar-refractivity contribution in [1.29, 1.82) is 0 Å². The molecule has 1 aromatic heterocycles. The molecule has 0 bridgehead atoms. The summed E-state index contributed by atoms with van der Waals surface area (Å²) >= 11 is 6.50. The van der Waals surface area contributed by atoms with Crippen molar-refractivity contribution in [3.8, 4) is 0 Å². The van der Waals surface area contributed by atoms with E-state index in [-0.39, 0.29) is 0 Å². The van der Waals surface area contributed by atoms with Crippen LogP contribution in [-0.4, -0.2) is 30.3 Å². The molecule has 9 heteroatoms. The number of nitrogens with one attached hydrogen (secondary N) is 2. The number of allylic oxidation sites excluding steroid dienone is 4. The summed E-state index contributed by atoms with van der Waals surface area (Å²) < 4.78 is 40.6. The van der Waals surface area contributed by atoms with Crippen LogP contribution in [0.5, 0.6) is 0 Å². The van der Waals surface area contributed by atoms with E-state index in [4.69, 9.17) is 11.6 Å². The lowest BCUT2D eigenvalue weighted by atomic mass is 9.87. The lowest BCUT2D eigenvalue weighted by molar-refractivity contribution is -0.114. The standard InChI is InChI=1S/C33H29ClFN3O3S/c1-4-7-22(5-2)21-42(40,41)38-32(39)17-10-23-8-11-24(12-9-23)33(25-13-16-31-26(18-25)20-36-37-31)28(6-3)29-15-14-27(35)19-30(29)34/h4-5,7-20H,1-2,6,21H2,3H3,(H,36,37)(H,38,39)/b17-10+,22-7+,33-28+. The molecule has 0 atom stereocenters. The lowest BCUT2D eigenvalue weighted by Gasteiger charge is -2.18. The second-order valence-electron chi connectivity index (χ2n) is 9.37. The van der Waals surface area contributed by atoms with Crippen molar-refractivity contribution in [2.75, 3.05) is 5.75 Å². The number of aromatic amines is 1. The Morgan fingerprint density at radius 2 is 1.81 bits per heavy atom. The number of amides is 1. The molecule has 0 aliphatic carbocycles. The fourth-order valence-corrected chi connectivity index (χ4v) is 5.93. The van der Waals surface area contributed by atoms with Gasteiger partial charge < -0.3 is 0 Å². The van der Waals surface area contributed by atoms with Crippen LogP contribution in [0.25, 0.3) is 28.1 Å². The number of H-pyrrole nitrogens is 1. The van der Waals surface area contributed by atoms with Gasteiger partial charge in [-0.3, -0.25) is 9.89 Å². The maximum atomic E-state index is 13.9. The summed E-state index contributed by atoms with van der Waals surface area (Å²) in [5.74, 6) is -1.58. The van der Waals surface area contributed by atoms with Gasteiger partial charge in [-0.1, -0.05) is 86.3 Å². The maximum absolute atomic E-state index is 13.9. The predicted octanol–water partition coefficient (Wildman–Crippen LogP) is 7.48. The number of sulfonamides is 1. The number of rotatable bonds is 11. The van der Waals surface area contributed by atoms with Gasteiger partial charge in [-0.2, -0.15) is 5.10 Å². The highest BCUT2D eigenvalue weighted by atomic mass is 35.5. The SMILES string of the molecule is C=C/C=C(\C=C)CS(=O)(=O)NC(=O)/C=C/c1ccc(/C(=C(/CC)c2ccc(F)cc2Cl)c2ccc3[nH]ncc3c2)cc1. The van der Waals surface area contributed by atoms with E-state index in [0.717, 1.165) is 44.8 Å². The normalized spacial score (nSPS) is 12.8. The zero-order valence-electron chi connectivity index (χ0n) is 22.9. The van der Waals surface area contributed by atoms with Gasteiger partial charge in [0.25, 0.3) is 5.91 Å². The van der Waals surface area contributed by atoms with E-state index in [1.54, 1.807) is 12.3 Å². The van der Waals surface area contributed by atoms with Crippen LogP contribution >= 0.6 is 11.6 Å². The molecule has 0 fully saturated rings. The summed E-state index contributed by atoms with van der Waals surface area (Å²) in [5.41, 5.74) is 6.38. The molecule has 3 aromatic carbocycles. The second-order valence-corrected chi connectivity index (χ2v) is 11.5. The molecule has 4 rings (SSSR count). The summed E-state index contributed by atoms with van der Waals surface area (Å²) in [7, 11) is -3.91. The van der Waals surface area contributed by atoms with Crippen molar-refractivity contribution >= 4 is 55.7 Å². The number of halogens is 2. The Labute approximate surface area is 249 Å².